The van der Waals surface area contributed by atoms with Crippen LogP contribution in [0.4, 0.5) is 0 Å². The highest BCUT2D eigenvalue weighted by atomic mass is 14.8. The summed E-state index contributed by atoms with van der Waals surface area (Å²) in [4.78, 5) is 9.29. The van der Waals surface area contributed by atoms with Crippen LogP contribution in [0.1, 0.15) is 11.4 Å². The van der Waals surface area contributed by atoms with E-state index in [1.165, 1.54) is 32.7 Å². The number of benzene rings is 4. The molecule has 0 fully saturated rings. The van der Waals surface area contributed by atoms with E-state index < -0.39 is 0 Å². The van der Waals surface area contributed by atoms with Crippen LogP contribution < -0.4 is 0 Å². The predicted molar refractivity (Wildman–Crippen MR) is 117 cm³/mol. The van der Waals surface area contributed by atoms with Crippen LogP contribution in [0, 0.1) is 13.8 Å². The molecule has 0 aliphatic carbocycles. The molecule has 0 bridgehead atoms. The first-order valence-electron chi connectivity index (χ1n) is 9.52. The highest BCUT2D eigenvalue weighted by Crippen LogP contribution is 2.35. The van der Waals surface area contributed by atoms with Gasteiger partial charge >= 0.3 is 0 Å². The molecule has 0 aliphatic heterocycles. The summed E-state index contributed by atoms with van der Waals surface area (Å²) in [5.41, 5.74) is 6.45. The Balaban J connectivity index is 1.75. The average Bonchev–Trinajstić information content (AvgIpc) is 2.73. The number of rotatable bonds is 2. The van der Waals surface area contributed by atoms with Crippen molar-refractivity contribution >= 4 is 21.5 Å². The molecule has 134 valence electrons. The maximum Gasteiger partial charge on any atom is 0.0920 e. The van der Waals surface area contributed by atoms with Crippen molar-refractivity contribution in [1.82, 2.24) is 9.97 Å². The molecular weight excluding hydrogens is 340 g/mol. The Morgan fingerprint density at radius 3 is 2.14 bits per heavy atom. The van der Waals surface area contributed by atoms with Gasteiger partial charge in [0.15, 0.2) is 0 Å². The molecule has 0 aliphatic rings. The van der Waals surface area contributed by atoms with Gasteiger partial charge in [-0.1, -0.05) is 72.8 Å². The molecule has 0 saturated heterocycles. The molecule has 0 spiro atoms. The second-order valence-corrected chi connectivity index (χ2v) is 7.21. The van der Waals surface area contributed by atoms with Gasteiger partial charge in [-0.05, 0) is 52.6 Å². The van der Waals surface area contributed by atoms with Crippen LogP contribution in [0.2, 0.25) is 0 Å². The minimum absolute atomic E-state index is 0.943. The van der Waals surface area contributed by atoms with Gasteiger partial charge in [0.05, 0.1) is 17.1 Å². The standard InChI is InChI=1S/C26H20N2/c1-17-16-27-26(18(2)28-17)25-12-6-10-23-22(9-5-11-24(23)25)21-14-13-19-7-3-4-8-20(19)15-21/h3-16H,1-2H3. The quantitative estimate of drug-likeness (QED) is 0.349. The molecule has 4 aromatic carbocycles. The molecule has 1 aromatic heterocycles. The molecule has 0 unspecified atom stereocenters. The fourth-order valence-electron chi connectivity index (χ4n) is 3.99. The minimum Gasteiger partial charge on any atom is -0.255 e. The normalized spacial score (nSPS) is 11.2. The first-order valence-corrected chi connectivity index (χ1v) is 9.52. The fraction of sp³-hybridized carbons (Fsp3) is 0.0769. The zero-order chi connectivity index (χ0) is 19.1. The van der Waals surface area contributed by atoms with Gasteiger partial charge in [0.25, 0.3) is 0 Å². The lowest BCUT2D eigenvalue weighted by atomic mass is 9.93. The van der Waals surface area contributed by atoms with Gasteiger partial charge in [-0.2, -0.15) is 0 Å². The van der Waals surface area contributed by atoms with Gasteiger partial charge in [-0.15, -0.1) is 0 Å². The highest BCUT2D eigenvalue weighted by molar-refractivity contribution is 6.05. The fourth-order valence-corrected chi connectivity index (χ4v) is 3.99. The summed E-state index contributed by atoms with van der Waals surface area (Å²) in [7, 11) is 0. The molecule has 2 nitrogen and oxygen atoms in total. The van der Waals surface area contributed by atoms with Crippen molar-refractivity contribution in [3.8, 4) is 22.4 Å². The minimum atomic E-state index is 0.943. The molecule has 1 heterocycles. The van der Waals surface area contributed by atoms with Crippen LogP contribution >= 0.6 is 0 Å². The molecule has 0 radical (unpaired) electrons. The lowest BCUT2D eigenvalue weighted by molar-refractivity contribution is 1.06. The van der Waals surface area contributed by atoms with Crippen LogP contribution in [-0.2, 0) is 0 Å². The molecule has 5 aromatic rings. The van der Waals surface area contributed by atoms with E-state index in [1.54, 1.807) is 0 Å². The SMILES string of the molecule is Cc1cnc(-c2cccc3c(-c4ccc5ccccc5c4)cccc23)c(C)n1. The van der Waals surface area contributed by atoms with Crippen molar-refractivity contribution in [1.29, 1.82) is 0 Å². The summed E-state index contributed by atoms with van der Waals surface area (Å²) >= 11 is 0. The third-order valence-corrected chi connectivity index (χ3v) is 5.30. The largest absolute Gasteiger partial charge is 0.255 e. The Hall–Kier alpha value is -3.52. The van der Waals surface area contributed by atoms with Crippen molar-refractivity contribution in [3.05, 3.63) is 96.4 Å². The van der Waals surface area contributed by atoms with Crippen molar-refractivity contribution in [3.63, 3.8) is 0 Å². The molecule has 0 N–H and O–H groups in total. The predicted octanol–water partition coefficient (Wildman–Crippen LogP) is 6.73. The second-order valence-electron chi connectivity index (χ2n) is 7.21. The third-order valence-electron chi connectivity index (χ3n) is 5.30. The van der Waals surface area contributed by atoms with Gasteiger partial charge in [-0.3, -0.25) is 9.97 Å². The van der Waals surface area contributed by atoms with Gasteiger partial charge in [0, 0.05) is 11.8 Å². The van der Waals surface area contributed by atoms with Crippen LogP contribution in [0.15, 0.2) is 85.1 Å². The van der Waals surface area contributed by atoms with Gasteiger partial charge < -0.3 is 0 Å². The van der Waals surface area contributed by atoms with E-state index >= 15 is 0 Å². The molecule has 5 rings (SSSR count). The first-order chi connectivity index (χ1) is 13.7. The maximum atomic E-state index is 4.68. The highest BCUT2D eigenvalue weighted by Gasteiger charge is 2.12. The Labute approximate surface area is 164 Å². The lowest BCUT2D eigenvalue weighted by Crippen LogP contribution is -1.95. The van der Waals surface area contributed by atoms with E-state index in [9.17, 15) is 0 Å². The summed E-state index contributed by atoms with van der Waals surface area (Å²) in [5, 5.41) is 4.96. The number of hydrogen-bond donors (Lipinski definition) is 0. The Bertz CT molecular complexity index is 1340. The molecule has 0 amide bonds. The van der Waals surface area contributed by atoms with Crippen LogP contribution in [0.25, 0.3) is 43.9 Å². The zero-order valence-electron chi connectivity index (χ0n) is 16.0. The van der Waals surface area contributed by atoms with E-state index in [0.717, 1.165) is 22.6 Å². The van der Waals surface area contributed by atoms with E-state index in [4.69, 9.17) is 0 Å². The molecule has 28 heavy (non-hydrogen) atoms. The van der Waals surface area contributed by atoms with Crippen LogP contribution in [-0.4, -0.2) is 9.97 Å². The summed E-state index contributed by atoms with van der Waals surface area (Å²) in [5.74, 6) is 0. The maximum absolute atomic E-state index is 4.68. The number of nitrogens with zero attached hydrogens (tertiary/aromatic N) is 2. The number of hydrogen-bond acceptors (Lipinski definition) is 2. The number of aryl methyl sites for hydroxylation is 2. The Morgan fingerprint density at radius 2 is 1.36 bits per heavy atom. The van der Waals surface area contributed by atoms with Crippen molar-refractivity contribution in [2.75, 3.05) is 0 Å². The van der Waals surface area contributed by atoms with Crippen molar-refractivity contribution < 1.29 is 0 Å². The van der Waals surface area contributed by atoms with Crippen molar-refractivity contribution in [2.24, 2.45) is 0 Å². The van der Waals surface area contributed by atoms with Gasteiger partial charge in [-0.25, -0.2) is 0 Å². The lowest BCUT2D eigenvalue weighted by Gasteiger charge is -2.12. The van der Waals surface area contributed by atoms with Crippen LogP contribution in [0.3, 0.4) is 0 Å². The van der Waals surface area contributed by atoms with Gasteiger partial charge in [0.1, 0.15) is 0 Å². The Kier molecular flexibility index (Phi) is 3.91. The molecule has 0 atom stereocenters. The monoisotopic (exact) mass is 360 g/mol. The number of fused-ring (bicyclic) bond motifs is 2. The summed E-state index contributed by atoms with van der Waals surface area (Å²) < 4.78 is 0. The van der Waals surface area contributed by atoms with E-state index in [2.05, 4.69) is 88.8 Å². The smallest absolute Gasteiger partial charge is 0.0920 e. The summed E-state index contributed by atoms with van der Waals surface area (Å²) in [6, 6.07) is 28.1. The number of aromatic nitrogens is 2. The van der Waals surface area contributed by atoms with Crippen LogP contribution in [0.5, 0.6) is 0 Å². The van der Waals surface area contributed by atoms with Crippen molar-refractivity contribution in [2.45, 2.75) is 13.8 Å². The average molecular weight is 360 g/mol. The molecule has 0 saturated carbocycles. The third kappa shape index (κ3) is 2.74. The first kappa shape index (κ1) is 16.6. The molecule has 2 heteroatoms. The summed E-state index contributed by atoms with van der Waals surface area (Å²) in [6.07, 6.45) is 1.84. The van der Waals surface area contributed by atoms with E-state index in [1.807, 2.05) is 20.0 Å². The molecular formula is C26H20N2. The zero-order valence-corrected chi connectivity index (χ0v) is 16.0. The Morgan fingerprint density at radius 1 is 0.643 bits per heavy atom. The van der Waals surface area contributed by atoms with E-state index in [-0.39, 0.29) is 0 Å². The summed E-state index contributed by atoms with van der Waals surface area (Å²) in [6.45, 7) is 4.01. The van der Waals surface area contributed by atoms with E-state index in [0.29, 0.717) is 0 Å². The topological polar surface area (TPSA) is 25.8 Å². The van der Waals surface area contributed by atoms with Gasteiger partial charge in [0.2, 0.25) is 0 Å². The second kappa shape index (κ2) is 6.58.